The minimum atomic E-state index is -0.591. The molecule has 0 unspecified atom stereocenters. The molecule has 4 rings (SSSR count). The van der Waals surface area contributed by atoms with E-state index in [0.717, 1.165) is 30.9 Å². The summed E-state index contributed by atoms with van der Waals surface area (Å²) in [6.45, 7) is 3.04. The van der Waals surface area contributed by atoms with E-state index in [9.17, 15) is 19.1 Å². The van der Waals surface area contributed by atoms with Crippen molar-refractivity contribution in [2.45, 2.75) is 18.4 Å². The molecule has 0 bridgehead atoms. The van der Waals surface area contributed by atoms with Crippen LogP contribution in [0.1, 0.15) is 23.2 Å². The van der Waals surface area contributed by atoms with E-state index in [1.54, 1.807) is 0 Å². The van der Waals surface area contributed by atoms with Crippen molar-refractivity contribution in [3.05, 3.63) is 59.9 Å². The standard InChI is InChI=1S/C22H25FN4O3/c23-16-6-7-18(19(28)14-16)20(29)24-10-13-26-11-8-22(9-12-26)21(30)25-15-27(22)17-4-2-1-3-5-17/h1-7,14,28H,8-13,15H2,(H,24,29)(H,25,30). The van der Waals surface area contributed by atoms with Crippen LogP contribution in [0.4, 0.5) is 10.1 Å². The molecule has 7 nitrogen and oxygen atoms in total. The van der Waals surface area contributed by atoms with Crippen molar-refractivity contribution < 1.29 is 19.1 Å². The second kappa shape index (κ2) is 8.31. The molecule has 0 atom stereocenters. The van der Waals surface area contributed by atoms with Crippen molar-refractivity contribution in [3.8, 4) is 5.75 Å². The summed E-state index contributed by atoms with van der Waals surface area (Å²) in [5.41, 5.74) is 0.562. The Balaban J connectivity index is 1.31. The lowest BCUT2D eigenvalue weighted by Crippen LogP contribution is -2.57. The van der Waals surface area contributed by atoms with Gasteiger partial charge in [0.15, 0.2) is 0 Å². The SMILES string of the molecule is O=C(NCCN1CCC2(CC1)C(=O)NCN2c1ccccc1)c1ccc(F)cc1O. The van der Waals surface area contributed by atoms with Crippen LogP contribution in [-0.4, -0.2) is 60.2 Å². The zero-order chi connectivity index (χ0) is 21.1. The largest absolute Gasteiger partial charge is 0.507 e. The fourth-order valence-corrected chi connectivity index (χ4v) is 4.30. The Morgan fingerprint density at radius 1 is 1.17 bits per heavy atom. The molecular formula is C22H25FN4O3. The highest BCUT2D eigenvalue weighted by Gasteiger charge is 2.50. The zero-order valence-corrected chi connectivity index (χ0v) is 16.6. The van der Waals surface area contributed by atoms with Crippen molar-refractivity contribution >= 4 is 17.5 Å². The average Bonchev–Trinajstić information content (AvgIpc) is 3.06. The Labute approximate surface area is 174 Å². The van der Waals surface area contributed by atoms with Crippen molar-refractivity contribution in [3.63, 3.8) is 0 Å². The third-order valence-electron chi connectivity index (χ3n) is 6.01. The first-order chi connectivity index (χ1) is 14.5. The number of nitrogens with one attached hydrogen (secondary N) is 2. The molecular weight excluding hydrogens is 387 g/mol. The monoisotopic (exact) mass is 412 g/mol. The van der Waals surface area contributed by atoms with Gasteiger partial charge in [0, 0.05) is 37.9 Å². The van der Waals surface area contributed by atoms with Crippen molar-refractivity contribution in [2.24, 2.45) is 0 Å². The van der Waals surface area contributed by atoms with E-state index in [2.05, 4.69) is 20.4 Å². The second-order valence-electron chi connectivity index (χ2n) is 7.72. The van der Waals surface area contributed by atoms with Crippen LogP contribution >= 0.6 is 0 Å². The topological polar surface area (TPSA) is 84.9 Å². The number of carbonyl (C=O) groups is 2. The van der Waals surface area contributed by atoms with Gasteiger partial charge in [-0.15, -0.1) is 0 Å². The molecule has 0 aromatic heterocycles. The Morgan fingerprint density at radius 2 is 1.90 bits per heavy atom. The molecule has 2 heterocycles. The van der Waals surface area contributed by atoms with Crippen molar-refractivity contribution in [1.82, 2.24) is 15.5 Å². The van der Waals surface area contributed by atoms with Crippen molar-refractivity contribution in [2.75, 3.05) is 37.7 Å². The maximum atomic E-state index is 13.1. The lowest BCUT2D eigenvalue weighted by molar-refractivity contribution is -0.125. The molecule has 158 valence electrons. The van der Waals surface area contributed by atoms with E-state index in [1.165, 1.54) is 6.07 Å². The van der Waals surface area contributed by atoms with Crippen LogP contribution in [0, 0.1) is 5.82 Å². The number of para-hydroxylation sites is 1. The van der Waals surface area contributed by atoms with Gasteiger partial charge in [-0.3, -0.25) is 9.59 Å². The van der Waals surface area contributed by atoms with Crippen LogP contribution in [0.15, 0.2) is 48.5 Å². The summed E-state index contributed by atoms with van der Waals surface area (Å²) in [4.78, 5) is 29.2. The zero-order valence-electron chi connectivity index (χ0n) is 16.6. The predicted octanol–water partition coefficient (Wildman–Crippen LogP) is 1.69. The van der Waals surface area contributed by atoms with Crippen LogP contribution in [0.3, 0.4) is 0 Å². The first kappa shape index (κ1) is 20.2. The van der Waals surface area contributed by atoms with Crippen LogP contribution < -0.4 is 15.5 Å². The van der Waals surface area contributed by atoms with Crippen LogP contribution in [-0.2, 0) is 4.79 Å². The Kier molecular flexibility index (Phi) is 5.59. The number of anilines is 1. The van der Waals surface area contributed by atoms with E-state index < -0.39 is 17.3 Å². The summed E-state index contributed by atoms with van der Waals surface area (Å²) >= 11 is 0. The molecule has 0 aliphatic carbocycles. The lowest BCUT2D eigenvalue weighted by Gasteiger charge is -2.43. The average molecular weight is 412 g/mol. The van der Waals surface area contributed by atoms with Crippen LogP contribution in [0.25, 0.3) is 0 Å². The summed E-state index contributed by atoms with van der Waals surface area (Å²) in [6, 6.07) is 13.3. The molecule has 1 spiro atoms. The summed E-state index contributed by atoms with van der Waals surface area (Å²) in [6.07, 6.45) is 1.42. The highest BCUT2D eigenvalue weighted by atomic mass is 19.1. The third-order valence-corrected chi connectivity index (χ3v) is 6.01. The predicted molar refractivity (Wildman–Crippen MR) is 111 cm³/mol. The van der Waals surface area contributed by atoms with Gasteiger partial charge in [-0.05, 0) is 37.1 Å². The fourth-order valence-electron chi connectivity index (χ4n) is 4.30. The quantitative estimate of drug-likeness (QED) is 0.696. The number of nitrogens with zero attached hydrogens (tertiary/aromatic N) is 2. The van der Waals surface area contributed by atoms with Crippen LogP contribution in [0.2, 0.25) is 0 Å². The van der Waals surface area contributed by atoms with E-state index in [-0.39, 0.29) is 17.2 Å². The van der Waals surface area contributed by atoms with Gasteiger partial charge in [0.25, 0.3) is 5.91 Å². The molecule has 2 aromatic rings. The number of amides is 2. The maximum Gasteiger partial charge on any atom is 0.255 e. The lowest BCUT2D eigenvalue weighted by atomic mass is 9.85. The Morgan fingerprint density at radius 3 is 2.60 bits per heavy atom. The minimum Gasteiger partial charge on any atom is -0.507 e. The number of aromatic hydroxyl groups is 1. The summed E-state index contributed by atoms with van der Waals surface area (Å²) in [5.74, 6) is -1.33. The molecule has 8 heteroatoms. The van der Waals surface area contributed by atoms with Gasteiger partial charge in [-0.2, -0.15) is 0 Å². The Hall–Kier alpha value is -3.13. The smallest absolute Gasteiger partial charge is 0.255 e. The molecule has 3 N–H and O–H groups in total. The van der Waals surface area contributed by atoms with Crippen LogP contribution in [0.5, 0.6) is 5.75 Å². The van der Waals surface area contributed by atoms with Gasteiger partial charge in [-0.25, -0.2) is 4.39 Å². The number of benzene rings is 2. The van der Waals surface area contributed by atoms with Gasteiger partial charge < -0.3 is 25.5 Å². The molecule has 2 aliphatic heterocycles. The summed E-state index contributed by atoms with van der Waals surface area (Å²) in [7, 11) is 0. The normalized spacial score (nSPS) is 18.4. The number of piperidine rings is 1. The van der Waals surface area contributed by atoms with Gasteiger partial charge >= 0.3 is 0 Å². The number of hydrogen-bond donors (Lipinski definition) is 3. The number of phenolic OH excluding ortho intramolecular Hbond substituents is 1. The molecule has 2 aromatic carbocycles. The fraction of sp³-hybridized carbons (Fsp3) is 0.364. The highest BCUT2D eigenvalue weighted by Crippen LogP contribution is 2.36. The van der Waals surface area contributed by atoms with Crippen molar-refractivity contribution in [1.29, 1.82) is 0 Å². The number of halogens is 1. The van der Waals surface area contributed by atoms with Gasteiger partial charge in [0.2, 0.25) is 5.91 Å². The van der Waals surface area contributed by atoms with E-state index in [1.807, 2.05) is 30.3 Å². The van der Waals surface area contributed by atoms with Gasteiger partial charge in [0.1, 0.15) is 17.1 Å². The van der Waals surface area contributed by atoms with E-state index in [0.29, 0.717) is 32.6 Å². The number of phenols is 1. The molecule has 30 heavy (non-hydrogen) atoms. The number of likely N-dealkylation sites (tertiary alicyclic amines) is 1. The molecule has 0 radical (unpaired) electrons. The maximum absolute atomic E-state index is 13.1. The van der Waals surface area contributed by atoms with Gasteiger partial charge in [-0.1, -0.05) is 18.2 Å². The van der Waals surface area contributed by atoms with E-state index >= 15 is 0 Å². The van der Waals surface area contributed by atoms with E-state index in [4.69, 9.17) is 0 Å². The molecule has 2 saturated heterocycles. The Bertz CT molecular complexity index is 929. The minimum absolute atomic E-state index is 0.0510. The number of carbonyl (C=O) groups excluding carboxylic acids is 2. The first-order valence-electron chi connectivity index (χ1n) is 10.1. The van der Waals surface area contributed by atoms with Gasteiger partial charge in [0.05, 0.1) is 12.2 Å². The second-order valence-corrected chi connectivity index (χ2v) is 7.72. The number of rotatable bonds is 5. The molecule has 2 aliphatic rings. The highest BCUT2D eigenvalue weighted by molar-refractivity contribution is 5.96. The number of hydrogen-bond acceptors (Lipinski definition) is 5. The molecule has 0 saturated carbocycles. The first-order valence-corrected chi connectivity index (χ1v) is 10.1. The molecule has 2 fully saturated rings. The molecule has 2 amide bonds. The third kappa shape index (κ3) is 3.82. The summed E-state index contributed by atoms with van der Waals surface area (Å²) < 4.78 is 13.1. The summed E-state index contributed by atoms with van der Waals surface area (Å²) in [5, 5.41) is 15.5.